The average molecular weight is 218 g/mol. The van der Waals surface area contributed by atoms with Crippen molar-refractivity contribution in [2.75, 3.05) is 0 Å². The van der Waals surface area contributed by atoms with Crippen molar-refractivity contribution in [3.63, 3.8) is 0 Å². The van der Waals surface area contributed by atoms with Gasteiger partial charge in [-0.3, -0.25) is 4.79 Å². The summed E-state index contributed by atoms with van der Waals surface area (Å²) in [5.41, 5.74) is 2.80. The van der Waals surface area contributed by atoms with E-state index in [-0.39, 0.29) is 12.2 Å². The maximum atomic E-state index is 11.2. The molecule has 3 rings (SSSR count). The molecule has 2 aliphatic heterocycles. The fourth-order valence-electron chi connectivity index (χ4n) is 2.58. The Labute approximate surface area is 94.4 Å². The highest BCUT2D eigenvalue weighted by atomic mass is 16.5. The highest BCUT2D eigenvalue weighted by molar-refractivity contribution is 5.85. The summed E-state index contributed by atoms with van der Waals surface area (Å²) in [6.07, 6.45) is 2.88. The van der Waals surface area contributed by atoms with Crippen molar-refractivity contribution in [1.29, 1.82) is 0 Å². The molecule has 0 saturated heterocycles. The van der Waals surface area contributed by atoms with Gasteiger partial charge in [0.05, 0.1) is 5.56 Å². The van der Waals surface area contributed by atoms with Crippen molar-refractivity contribution in [3.05, 3.63) is 22.8 Å². The number of carbonyl (C=O) groups is 1. The predicted molar refractivity (Wildman–Crippen MR) is 59.4 cm³/mol. The Hall–Kier alpha value is -1.51. The summed E-state index contributed by atoms with van der Waals surface area (Å²) in [5.74, 6) is 1.64. The number of ether oxygens (including phenoxy) is 2. The number of hydrogen-bond donors (Lipinski definition) is 0. The van der Waals surface area contributed by atoms with Gasteiger partial charge in [-0.2, -0.15) is 0 Å². The summed E-state index contributed by atoms with van der Waals surface area (Å²) in [5, 5.41) is 0. The molecule has 1 aromatic rings. The van der Waals surface area contributed by atoms with E-state index in [2.05, 4.69) is 0 Å². The van der Waals surface area contributed by atoms with Crippen LogP contribution in [0, 0.1) is 0 Å². The van der Waals surface area contributed by atoms with Gasteiger partial charge >= 0.3 is 0 Å². The largest absolute Gasteiger partial charge is 0.490 e. The first kappa shape index (κ1) is 9.70. The molecular formula is C13H14O3. The number of benzene rings is 1. The molecule has 0 N–H and O–H groups in total. The molecule has 3 heteroatoms. The molecule has 0 spiro atoms. The minimum Gasteiger partial charge on any atom is -0.490 e. The number of rotatable bonds is 1. The quantitative estimate of drug-likeness (QED) is 0.677. The van der Waals surface area contributed by atoms with E-state index in [1.54, 1.807) is 0 Å². The highest BCUT2D eigenvalue weighted by Crippen LogP contribution is 2.42. The van der Waals surface area contributed by atoms with Crippen molar-refractivity contribution >= 4 is 6.29 Å². The molecular weight excluding hydrogens is 204 g/mol. The summed E-state index contributed by atoms with van der Waals surface area (Å²) in [6.45, 7) is 4.03. The summed E-state index contributed by atoms with van der Waals surface area (Å²) >= 11 is 0. The fourth-order valence-corrected chi connectivity index (χ4v) is 2.58. The fraction of sp³-hybridized carbons (Fsp3) is 0.462. The Balaban J connectivity index is 2.18. The molecule has 2 atom stereocenters. The Morgan fingerprint density at radius 3 is 2.75 bits per heavy atom. The van der Waals surface area contributed by atoms with Gasteiger partial charge in [-0.1, -0.05) is 0 Å². The van der Waals surface area contributed by atoms with E-state index in [9.17, 15) is 4.79 Å². The van der Waals surface area contributed by atoms with E-state index in [4.69, 9.17) is 9.47 Å². The third-order valence-electron chi connectivity index (χ3n) is 3.23. The maximum absolute atomic E-state index is 11.2. The van der Waals surface area contributed by atoms with Crippen molar-refractivity contribution in [3.8, 4) is 11.5 Å². The number of fused-ring (bicyclic) bond motifs is 2. The van der Waals surface area contributed by atoms with Crippen molar-refractivity contribution < 1.29 is 14.3 Å². The first-order valence-corrected chi connectivity index (χ1v) is 5.66. The second-order valence-electron chi connectivity index (χ2n) is 4.64. The summed E-state index contributed by atoms with van der Waals surface area (Å²) in [6, 6.07) is 2.03. The lowest BCUT2D eigenvalue weighted by Gasteiger charge is -2.08. The monoisotopic (exact) mass is 218 g/mol. The van der Waals surface area contributed by atoms with Crippen molar-refractivity contribution in [2.45, 2.75) is 38.9 Å². The van der Waals surface area contributed by atoms with Gasteiger partial charge in [0.1, 0.15) is 23.7 Å². The van der Waals surface area contributed by atoms with Crippen LogP contribution in [0.5, 0.6) is 11.5 Å². The summed E-state index contributed by atoms with van der Waals surface area (Å²) < 4.78 is 11.4. The molecule has 0 bridgehead atoms. The molecule has 1 aromatic carbocycles. The minimum absolute atomic E-state index is 0.161. The Bertz CT molecular complexity index is 428. The molecule has 2 aliphatic rings. The van der Waals surface area contributed by atoms with Crippen LogP contribution in [0.25, 0.3) is 0 Å². The Morgan fingerprint density at radius 2 is 2.00 bits per heavy atom. The van der Waals surface area contributed by atoms with Gasteiger partial charge in [0.25, 0.3) is 0 Å². The molecule has 2 unspecified atom stereocenters. The van der Waals surface area contributed by atoms with Crippen LogP contribution in [0.3, 0.4) is 0 Å². The number of aldehydes is 1. The highest BCUT2D eigenvalue weighted by Gasteiger charge is 2.31. The number of carbonyl (C=O) groups excluding carboxylic acids is 1. The van der Waals surface area contributed by atoms with Crippen LogP contribution < -0.4 is 9.47 Å². The standard InChI is InChI=1S/C13H14O3/c1-7-3-9-5-12-10(4-8(2)15-12)11(6-14)13(9)16-7/h5-8H,3-4H2,1-2H3. The first-order chi connectivity index (χ1) is 7.69. The molecule has 0 radical (unpaired) electrons. The second kappa shape index (κ2) is 3.24. The molecule has 0 amide bonds. The smallest absolute Gasteiger partial charge is 0.154 e. The van der Waals surface area contributed by atoms with Crippen LogP contribution >= 0.6 is 0 Å². The van der Waals surface area contributed by atoms with Crippen molar-refractivity contribution in [1.82, 2.24) is 0 Å². The average Bonchev–Trinajstić information content (AvgIpc) is 2.74. The molecule has 84 valence electrons. The van der Waals surface area contributed by atoms with Gasteiger partial charge in [-0.05, 0) is 19.9 Å². The molecule has 2 heterocycles. The van der Waals surface area contributed by atoms with Gasteiger partial charge in [0.2, 0.25) is 0 Å². The lowest BCUT2D eigenvalue weighted by molar-refractivity contribution is 0.111. The lowest BCUT2D eigenvalue weighted by Crippen LogP contribution is -2.07. The third kappa shape index (κ3) is 1.24. The van der Waals surface area contributed by atoms with E-state index in [1.165, 1.54) is 0 Å². The maximum Gasteiger partial charge on any atom is 0.154 e. The van der Waals surface area contributed by atoms with Gasteiger partial charge in [0, 0.05) is 24.0 Å². The van der Waals surface area contributed by atoms with Crippen LogP contribution in [-0.2, 0) is 12.8 Å². The lowest BCUT2D eigenvalue weighted by atomic mass is 9.99. The molecule has 0 saturated carbocycles. The van der Waals surface area contributed by atoms with E-state index in [1.807, 2.05) is 19.9 Å². The van der Waals surface area contributed by atoms with Gasteiger partial charge in [0.15, 0.2) is 6.29 Å². The van der Waals surface area contributed by atoms with Crippen LogP contribution in [0.4, 0.5) is 0 Å². The normalized spacial score (nSPS) is 25.6. The van der Waals surface area contributed by atoms with Crippen LogP contribution in [0.15, 0.2) is 6.07 Å². The van der Waals surface area contributed by atoms with E-state index < -0.39 is 0 Å². The molecule has 0 fully saturated rings. The van der Waals surface area contributed by atoms with Gasteiger partial charge in [-0.25, -0.2) is 0 Å². The topological polar surface area (TPSA) is 35.5 Å². The molecule has 0 aliphatic carbocycles. The molecule has 0 aromatic heterocycles. The van der Waals surface area contributed by atoms with Gasteiger partial charge in [-0.15, -0.1) is 0 Å². The molecule has 16 heavy (non-hydrogen) atoms. The van der Waals surface area contributed by atoms with Crippen LogP contribution in [-0.4, -0.2) is 18.5 Å². The van der Waals surface area contributed by atoms with E-state index in [0.717, 1.165) is 41.8 Å². The van der Waals surface area contributed by atoms with Gasteiger partial charge < -0.3 is 9.47 Å². The van der Waals surface area contributed by atoms with Crippen LogP contribution in [0.2, 0.25) is 0 Å². The summed E-state index contributed by atoms with van der Waals surface area (Å²) in [4.78, 5) is 11.2. The summed E-state index contributed by atoms with van der Waals surface area (Å²) in [7, 11) is 0. The predicted octanol–water partition coefficient (Wildman–Crippen LogP) is 2.15. The zero-order valence-corrected chi connectivity index (χ0v) is 9.45. The van der Waals surface area contributed by atoms with Crippen molar-refractivity contribution in [2.24, 2.45) is 0 Å². The van der Waals surface area contributed by atoms with E-state index >= 15 is 0 Å². The van der Waals surface area contributed by atoms with Crippen LogP contribution in [0.1, 0.15) is 35.3 Å². The third-order valence-corrected chi connectivity index (χ3v) is 3.23. The second-order valence-corrected chi connectivity index (χ2v) is 4.64. The first-order valence-electron chi connectivity index (χ1n) is 5.66. The zero-order chi connectivity index (χ0) is 11.3. The minimum atomic E-state index is 0.161. The molecule has 3 nitrogen and oxygen atoms in total. The Kier molecular flexibility index (Phi) is 1.96. The number of hydrogen-bond acceptors (Lipinski definition) is 3. The zero-order valence-electron chi connectivity index (χ0n) is 9.45. The SMILES string of the molecule is CC1Cc2c(cc3c(c2C=O)OC(C)C3)O1. The van der Waals surface area contributed by atoms with E-state index in [0.29, 0.717) is 5.56 Å². The Morgan fingerprint density at radius 1 is 1.25 bits per heavy atom.